The van der Waals surface area contributed by atoms with Crippen LogP contribution in [0.5, 0.6) is 0 Å². The fourth-order valence-corrected chi connectivity index (χ4v) is 4.42. The number of fused-ring (bicyclic) bond motifs is 3. The number of pyridine rings is 2. The average molecular weight is 430 g/mol. The molecule has 0 saturated heterocycles. The molecule has 0 spiro atoms. The van der Waals surface area contributed by atoms with Gasteiger partial charge in [0, 0.05) is 36.6 Å². The van der Waals surface area contributed by atoms with Crippen LogP contribution < -0.4 is 5.69 Å². The zero-order chi connectivity index (χ0) is 21.8. The molecule has 0 fully saturated rings. The van der Waals surface area contributed by atoms with Gasteiger partial charge in [-0.1, -0.05) is 12.1 Å². The van der Waals surface area contributed by atoms with Gasteiger partial charge in [0.25, 0.3) is 0 Å². The number of rotatable bonds is 3. The van der Waals surface area contributed by atoms with Gasteiger partial charge in [0.2, 0.25) is 0 Å². The smallest absolute Gasteiger partial charge is 0.293 e. The SMILES string of the molecule is Cn1c(=O)n(-c2ccc(S(C)(=O)=O)cc2)c2c3cc(-c4cccnc4)ccc3ncc21. The summed E-state index contributed by atoms with van der Waals surface area (Å²) >= 11 is 0. The summed E-state index contributed by atoms with van der Waals surface area (Å²) in [5.74, 6) is 0. The molecule has 0 radical (unpaired) electrons. The van der Waals surface area contributed by atoms with E-state index in [0.29, 0.717) is 11.2 Å². The second kappa shape index (κ2) is 6.88. The van der Waals surface area contributed by atoms with Crippen molar-refractivity contribution in [2.24, 2.45) is 7.05 Å². The van der Waals surface area contributed by atoms with Crippen LogP contribution in [0.1, 0.15) is 0 Å². The van der Waals surface area contributed by atoms with Gasteiger partial charge >= 0.3 is 5.69 Å². The molecule has 5 aromatic rings. The number of hydrogen-bond donors (Lipinski definition) is 0. The zero-order valence-electron chi connectivity index (χ0n) is 16.9. The maximum Gasteiger partial charge on any atom is 0.333 e. The van der Waals surface area contributed by atoms with E-state index in [4.69, 9.17) is 0 Å². The van der Waals surface area contributed by atoms with Crippen molar-refractivity contribution in [1.29, 1.82) is 0 Å². The minimum atomic E-state index is -3.33. The Morgan fingerprint density at radius 2 is 1.71 bits per heavy atom. The van der Waals surface area contributed by atoms with E-state index in [-0.39, 0.29) is 10.6 Å². The third kappa shape index (κ3) is 3.12. The first kappa shape index (κ1) is 19.2. The van der Waals surface area contributed by atoms with Crippen LogP contribution in [0.15, 0.2) is 82.9 Å². The molecule has 0 atom stereocenters. The molecule has 2 aromatic carbocycles. The van der Waals surface area contributed by atoms with E-state index in [9.17, 15) is 13.2 Å². The molecule has 154 valence electrons. The van der Waals surface area contributed by atoms with Gasteiger partial charge in [-0.15, -0.1) is 0 Å². The Morgan fingerprint density at radius 3 is 2.39 bits per heavy atom. The molecule has 0 aliphatic heterocycles. The summed E-state index contributed by atoms with van der Waals surface area (Å²) in [5.41, 5.74) is 4.44. The van der Waals surface area contributed by atoms with Crippen molar-refractivity contribution in [1.82, 2.24) is 19.1 Å². The Hall–Kier alpha value is -3.78. The molecule has 8 heteroatoms. The van der Waals surface area contributed by atoms with Crippen molar-refractivity contribution in [2.45, 2.75) is 4.90 Å². The van der Waals surface area contributed by atoms with E-state index in [1.807, 2.05) is 30.3 Å². The minimum Gasteiger partial charge on any atom is -0.293 e. The lowest BCUT2D eigenvalue weighted by Crippen LogP contribution is -2.20. The van der Waals surface area contributed by atoms with Gasteiger partial charge in [-0.2, -0.15) is 0 Å². The van der Waals surface area contributed by atoms with Crippen LogP contribution in [-0.2, 0) is 16.9 Å². The number of imidazole rings is 1. The fraction of sp³-hybridized carbons (Fsp3) is 0.0870. The summed E-state index contributed by atoms with van der Waals surface area (Å²) < 4.78 is 26.8. The van der Waals surface area contributed by atoms with E-state index >= 15 is 0 Å². The number of aromatic nitrogens is 4. The van der Waals surface area contributed by atoms with Gasteiger partial charge in [-0.05, 0) is 48.0 Å². The first-order chi connectivity index (χ1) is 14.8. The molecule has 0 bridgehead atoms. The molecule has 0 aliphatic carbocycles. The largest absolute Gasteiger partial charge is 0.333 e. The van der Waals surface area contributed by atoms with E-state index in [1.165, 1.54) is 12.1 Å². The van der Waals surface area contributed by atoms with Crippen LogP contribution in [-0.4, -0.2) is 33.8 Å². The molecular weight excluding hydrogens is 412 g/mol. The molecule has 0 saturated carbocycles. The first-order valence-electron chi connectivity index (χ1n) is 9.56. The fourth-order valence-electron chi connectivity index (χ4n) is 3.79. The van der Waals surface area contributed by atoms with Gasteiger partial charge in [0.1, 0.15) is 0 Å². The van der Waals surface area contributed by atoms with Gasteiger partial charge < -0.3 is 0 Å². The van der Waals surface area contributed by atoms with Crippen molar-refractivity contribution in [3.8, 4) is 16.8 Å². The Bertz CT molecular complexity index is 1620. The molecule has 0 N–H and O–H groups in total. The van der Waals surface area contributed by atoms with Gasteiger partial charge in [-0.3, -0.25) is 19.1 Å². The Morgan fingerprint density at radius 1 is 0.935 bits per heavy atom. The Kier molecular flexibility index (Phi) is 4.26. The molecule has 0 amide bonds. The molecule has 7 nitrogen and oxygen atoms in total. The highest BCUT2D eigenvalue weighted by Gasteiger charge is 2.17. The lowest BCUT2D eigenvalue weighted by atomic mass is 10.0. The van der Waals surface area contributed by atoms with Gasteiger partial charge in [-0.25, -0.2) is 13.2 Å². The summed E-state index contributed by atoms with van der Waals surface area (Å²) in [6.45, 7) is 0. The van der Waals surface area contributed by atoms with E-state index in [2.05, 4.69) is 9.97 Å². The molecule has 0 aliphatic rings. The third-order valence-electron chi connectivity index (χ3n) is 5.40. The van der Waals surface area contributed by atoms with Crippen molar-refractivity contribution in [3.05, 3.63) is 83.7 Å². The van der Waals surface area contributed by atoms with E-state index < -0.39 is 9.84 Å². The molecule has 0 unspecified atom stereocenters. The van der Waals surface area contributed by atoms with Crippen molar-refractivity contribution in [3.63, 3.8) is 0 Å². The number of aryl methyl sites for hydroxylation is 1. The molecule has 31 heavy (non-hydrogen) atoms. The van der Waals surface area contributed by atoms with Crippen LogP contribution in [0.2, 0.25) is 0 Å². The van der Waals surface area contributed by atoms with Crippen molar-refractivity contribution >= 4 is 31.8 Å². The summed E-state index contributed by atoms with van der Waals surface area (Å²) in [7, 11) is -1.63. The van der Waals surface area contributed by atoms with Crippen molar-refractivity contribution < 1.29 is 8.42 Å². The molecule has 5 rings (SSSR count). The number of nitrogens with zero attached hydrogens (tertiary/aromatic N) is 4. The minimum absolute atomic E-state index is 0.204. The van der Waals surface area contributed by atoms with E-state index in [0.717, 1.165) is 33.8 Å². The van der Waals surface area contributed by atoms with E-state index in [1.54, 1.807) is 46.9 Å². The van der Waals surface area contributed by atoms with Gasteiger partial charge in [0.15, 0.2) is 9.84 Å². The van der Waals surface area contributed by atoms with Gasteiger partial charge in [0.05, 0.1) is 33.3 Å². The maximum absolute atomic E-state index is 13.1. The van der Waals surface area contributed by atoms with Crippen LogP contribution in [0.4, 0.5) is 0 Å². The topological polar surface area (TPSA) is 86.9 Å². The van der Waals surface area contributed by atoms with Crippen LogP contribution in [0.25, 0.3) is 38.8 Å². The number of sulfone groups is 1. The number of hydrogen-bond acceptors (Lipinski definition) is 5. The monoisotopic (exact) mass is 430 g/mol. The highest BCUT2D eigenvalue weighted by Crippen LogP contribution is 2.29. The predicted molar refractivity (Wildman–Crippen MR) is 120 cm³/mol. The summed E-state index contributed by atoms with van der Waals surface area (Å²) in [5, 5.41) is 0.823. The Balaban J connectivity index is 1.83. The lowest BCUT2D eigenvalue weighted by Gasteiger charge is -2.08. The maximum atomic E-state index is 13.1. The standard InChI is InChI=1S/C23H18N4O3S/c1-26-21-14-25-20-10-5-15(16-4-3-11-24-13-16)12-19(20)22(21)27(23(26)28)17-6-8-18(9-7-17)31(2,29)30/h3-14H,1-2H3. The molecule has 3 aromatic heterocycles. The molecular formula is C23H18N4O3S. The summed E-state index contributed by atoms with van der Waals surface area (Å²) in [6, 6.07) is 16.1. The quantitative estimate of drug-likeness (QED) is 0.438. The highest BCUT2D eigenvalue weighted by molar-refractivity contribution is 7.90. The first-order valence-corrected chi connectivity index (χ1v) is 11.4. The predicted octanol–water partition coefficient (Wildman–Crippen LogP) is 3.34. The van der Waals surface area contributed by atoms with Crippen LogP contribution in [0, 0.1) is 0 Å². The summed E-state index contributed by atoms with van der Waals surface area (Å²) in [4.78, 5) is 22.1. The zero-order valence-corrected chi connectivity index (χ0v) is 17.7. The third-order valence-corrected chi connectivity index (χ3v) is 6.53. The molecule has 3 heterocycles. The Labute approximate surface area is 178 Å². The van der Waals surface area contributed by atoms with Crippen LogP contribution in [0.3, 0.4) is 0 Å². The van der Waals surface area contributed by atoms with Crippen molar-refractivity contribution in [2.75, 3.05) is 6.26 Å². The number of benzene rings is 2. The second-order valence-corrected chi connectivity index (χ2v) is 9.42. The average Bonchev–Trinajstić information content (AvgIpc) is 3.04. The normalized spacial score (nSPS) is 11.9. The second-order valence-electron chi connectivity index (χ2n) is 7.41. The lowest BCUT2D eigenvalue weighted by molar-refractivity contribution is 0.602. The van der Waals surface area contributed by atoms with Crippen LogP contribution >= 0.6 is 0 Å². The highest BCUT2D eigenvalue weighted by atomic mass is 32.2. The summed E-state index contributed by atoms with van der Waals surface area (Å²) in [6.07, 6.45) is 6.35.